The van der Waals surface area contributed by atoms with Gasteiger partial charge in [0.2, 0.25) is 0 Å². The summed E-state index contributed by atoms with van der Waals surface area (Å²) < 4.78 is 22.4. The molecule has 0 saturated carbocycles. The van der Waals surface area contributed by atoms with Gasteiger partial charge in [-0.3, -0.25) is 0 Å². The molecule has 2 N–H and O–H groups in total. The van der Waals surface area contributed by atoms with Crippen molar-refractivity contribution in [1.82, 2.24) is 5.32 Å². The summed E-state index contributed by atoms with van der Waals surface area (Å²) in [5.74, 6) is -1.02. The van der Waals surface area contributed by atoms with Gasteiger partial charge >= 0.3 is 5.97 Å². The number of carboxylic acids is 1. The summed E-state index contributed by atoms with van der Waals surface area (Å²) in [7, 11) is -3.17. The van der Waals surface area contributed by atoms with Crippen LogP contribution in [0.15, 0.2) is 41.4 Å². The third-order valence-electron chi connectivity index (χ3n) is 2.00. The first kappa shape index (κ1) is 13.2. The molecule has 0 amide bonds. The van der Waals surface area contributed by atoms with E-state index in [1.54, 1.807) is 12.1 Å². The highest BCUT2D eigenvalue weighted by Gasteiger charge is 2.05. The van der Waals surface area contributed by atoms with E-state index in [0.717, 1.165) is 17.9 Å². The molecule has 1 aromatic carbocycles. The topological polar surface area (TPSA) is 83.5 Å². The van der Waals surface area contributed by atoms with Crippen molar-refractivity contribution in [2.24, 2.45) is 0 Å². The third kappa shape index (κ3) is 4.69. The minimum absolute atomic E-state index is 0.266. The summed E-state index contributed by atoms with van der Waals surface area (Å²) in [5.41, 5.74) is 0.868. The Morgan fingerprint density at radius 2 is 1.94 bits per heavy atom. The maximum absolute atomic E-state index is 11.2. The Morgan fingerprint density at radius 3 is 2.41 bits per heavy atom. The highest BCUT2D eigenvalue weighted by Crippen LogP contribution is 2.09. The van der Waals surface area contributed by atoms with Gasteiger partial charge in [-0.25, -0.2) is 13.2 Å². The van der Waals surface area contributed by atoms with Crippen molar-refractivity contribution in [2.45, 2.75) is 11.4 Å². The van der Waals surface area contributed by atoms with E-state index in [1.165, 1.54) is 18.3 Å². The lowest BCUT2D eigenvalue weighted by atomic mass is 10.2. The fourth-order valence-electron chi connectivity index (χ4n) is 1.16. The Balaban J connectivity index is 2.61. The van der Waals surface area contributed by atoms with Crippen LogP contribution >= 0.6 is 0 Å². The van der Waals surface area contributed by atoms with E-state index in [0.29, 0.717) is 6.54 Å². The smallest absolute Gasteiger partial charge is 0.329 e. The van der Waals surface area contributed by atoms with Gasteiger partial charge in [0.05, 0.1) is 4.90 Å². The lowest BCUT2D eigenvalue weighted by molar-refractivity contribution is -0.131. The van der Waals surface area contributed by atoms with Crippen LogP contribution in [0.5, 0.6) is 0 Å². The zero-order valence-corrected chi connectivity index (χ0v) is 10.1. The number of sulfone groups is 1. The van der Waals surface area contributed by atoms with Crippen molar-refractivity contribution in [3.8, 4) is 0 Å². The first-order valence-electron chi connectivity index (χ1n) is 4.81. The molecule has 1 aromatic rings. The second-order valence-corrected chi connectivity index (χ2v) is 5.48. The Kier molecular flexibility index (Phi) is 4.28. The average molecular weight is 255 g/mol. The molecule has 0 fully saturated rings. The summed E-state index contributed by atoms with van der Waals surface area (Å²) >= 11 is 0. The largest absolute Gasteiger partial charge is 0.478 e. The summed E-state index contributed by atoms with van der Waals surface area (Å²) in [6, 6.07) is 6.40. The van der Waals surface area contributed by atoms with Crippen molar-refractivity contribution >= 4 is 15.8 Å². The maximum Gasteiger partial charge on any atom is 0.329 e. The minimum Gasteiger partial charge on any atom is -0.478 e. The zero-order valence-electron chi connectivity index (χ0n) is 9.25. The summed E-state index contributed by atoms with van der Waals surface area (Å²) in [4.78, 5) is 10.4. The highest BCUT2D eigenvalue weighted by atomic mass is 32.2. The van der Waals surface area contributed by atoms with Gasteiger partial charge in [-0.2, -0.15) is 0 Å². The minimum atomic E-state index is -3.17. The molecule has 92 valence electrons. The van der Waals surface area contributed by atoms with Crippen molar-refractivity contribution < 1.29 is 18.3 Å². The Hall–Kier alpha value is -1.82. The number of benzene rings is 1. The second-order valence-electron chi connectivity index (χ2n) is 3.47. The van der Waals surface area contributed by atoms with Crippen LogP contribution in [-0.2, 0) is 21.2 Å². The third-order valence-corrected chi connectivity index (χ3v) is 3.13. The van der Waals surface area contributed by atoms with Gasteiger partial charge in [0.25, 0.3) is 0 Å². The standard InChI is InChI=1S/C11H13NO4S/c1-17(15,16)10-4-2-9(3-5-10)8-12-7-6-11(13)14/h2-7,12H,8H2,1H3,(H,13,14)/b7-6+. The van der Waals surface area contributed by atoms with Crippen molar-refractivity contribution in [1.29, 1.82) is 0 Å². The number of carbonyl (C=O) groups is 1. The van der Waals surface area contributed by atoms with Crippen LogP contribution in [0.4, 0.5) is 0 Å². The maximum atomic E-state index is 11.2. The van der Waals surface area contributed by atoms with Crippen LogP contribution in [0.3, 0.4) is 0 Å². The van der Waals surface area contributed by atoms with Gasteiger partial charge in [-0.05, 0) is 17.7 Å². The van der Waals surface area contributed by atoms with E-state index in [-0.39, 0.29) is 4.90 Å². The number of aliphatic carboxylic acids is 1. The molecule has 0 aliphatic rings. The quantitative estimate of drug-likeness (QED) is 0.760. The van der Waals surface area contributed by atoms with Crippen molar-refractivity contribution in [2.75, 3.05) is 6.26 Å². The van der Waals surface area contributed by atoms with Gasteiger partial charge in [-0.15, -0.1) is 0 Å². The Bertz CT molecular complexity index is 517. The molecule has 0 unspecified atom stereocenters. The van der Waals surface area contributed by atoms with Crippen LogP contribution in [0.25, 0.3) is 0 Å². The molecule has 0 heterocycles. The fourth-order valence-corrected chi connectivity index (χ4v) is 1.79. The Morgan fingerprint density at radius 1 is 1.35 bits per heavy atom. The molecule has 0 aliphatic carbocycles. The monoisotopic (exact) mass is 255 g/mol. The molecular weight excluding hydrogens is 242 g/mol. The predicted octanol–water partition coefficient (Wildman–Crippen LogP) is 0.778. The normalized spacial score (nSPS) is 11.6. The number of carboxylic acid groups (broad SMARTS) is 1. The van der Waals surface area contributed by atoms with E-state index in [9.17, 15) is 13.2 Å². The van der Waals surface area contributed by atoms with Gasteiger partial charge in [-0.1, -0.05) is 12.1 Å². The van der Waals surface area contributed by atoms with E-state index < -0.39 is 15.8 Å². The lowest BCUT2D eigenvalue weighted by Gasteiger charge is -2.02. The van der Waals surface area contributed by atoms with E-state index in [4.69, 9.17) is 5.11 Å². The average Bonchev–Trinajstić information content (AvgIpc) is 2.23. The zero-order chi connectivity index (χ0) is 12.9. The second kappa shape index (κ2) is 5.49. The van der Waals surface area contributed by atoms with Crippen LogP contribution in [0.1, 0.15) is 5.56 Å². The SMILES string of the molecule is CS(=O)(=O)c1ccc(CN/C=C/C(=O)O)cc1. The number of hydrogen-bond donors (Lipinski definition) is 2. The molecule has 0 aliphatic heterocycles. The lowest BCUT2D eigenvalue weighted by Crippen LogP contribution is -2.06. The van der Waals surface area contributed by atoms with Crippen molar-refractivity contribution in [3.63, 3.8) is 0 Å². The Labute approximate surface area is 99.7 Å². The summed E-state index contributed by atoms with van der Waals surface area (Å²) in [6.07, 6.45) is 3.47. The van der Waals surface area contributed by atoms with Crippen LogP contribution in [0.2, 0.25) is 0 Å². The highest BCUT2D eigenvalue weighted by molar-refractivity contribution is 7.90. The molecular formula is C11H13NO4S. The van der Waals surface area contributed by atoms with Gasteiger partial charge in [0.1, 0.15) is 0 Å². The van der Waals surface area contributed by atoms with Gasteiger partial charge in [0, 0.05) is 25.1 Å². The molecule has 0 spiro atoms. The fraction of sp³-hybridized carbons (Fsp3) is 0.182. The first-order chi connectivity index (χ1) is 7.89. The van der Waals surface area contributed by atoms with Gasteiger partial charge in [0.15, 0.2) is 9.84 Å². The van der Waals surface area contributed by atoms with E-state index in [1.807, 2.05) is 0 Å². The summed E-state index contributed by atoms with van der Waals surface area (Å²) in [5, 5.41) is 11.1. The first-order valence-corrected chi connectivity index (χ1v) is 6.70. The molecule has 0 atom stereocenters. The molecule has 1 rings (SSSR count). The molecule has 0 radical (unpaired) electrons. The molecule has 6 heteroatoms. The predicted molar refractivity (Wildman–Crippen MR) is 63.2 cm³/mol. The van der Waals surface area contributed by atoms with Crippen LogP contribution in [-0.4, -0.2) is 25.7 Å². The molecule has 17 heavy (non-hydrogen) atoms. The molecule has 0 saturated heterocycles. The van der Waals surface area contributed by atoms with Gasteiger partial charge < -0.3 is 10.4 Å². The number of rotatable bonds is 5. The van der Waals surface area contributed by atoms with E-state index >= 15 is 0 Å². The summed E-state index contributed by atoms with van der Waals surface area (Å²) in [6.45, 7) is 0.438. The number of hydrogen-bond acceptors (Lipinski definition) is 4. The van der Waals surface area contributed by atoms with Crippen molar-refractivity contribution in [3.05, 3.63) is 42.1 Å². The van der Waals surface area contributed by atoms with Crippen LogP contribution < -0.4 is 5.32 Å². The number of nitrogens with one attached hydrogen (secondary N) is 1. The molecule has 0 aromatic heterocycles. The van der Waals surface area contributed by atoms with Crippen LogP contribution in [0, 0.1) is 0 Å². The van der Waals surface area contributed by atoms with E-state index in [2.05, 4.69) is 5.32 Å². The molecule has 0 bridgehead atoms. The molecule has 5 nitrogen and oxygen atoms in total.